The van der Waals surface area contributed by atoms with Crippen LogP contribution >= 0.6 is 0 Å². The Morgan fingerprint density at radius 2 is 1.94 bits per heavy atom. The zero-order valence-electron chi connectivity index (χ0n) is 17.5. The summed E-state index contributed by atoms with van der Waals surface area (Å²) in [5.74, 6) is -3.04. The summed E-state index contributed by atoms with van der Waals surface area (Å²) in [5.41, 5.74) is 0.546. The van der Waals surface area contributed by atoms with E-state index in [4.69, 9.17) is 19.5 Å². The van der Waals surface area contributed by atoms with Crippen molar-refractivity contribution in [3.8, 4) is 0 Å². The maximum atomic E-state index is 12.9. The summed E-state index contributed by atoms with van der Waals surface area (Å²) in [6.45, 7) is 2.31. The summed E-state index contributed by atoms with van der Waals surface area (Å²) < 4.78 is 50.6. The molecule has 1 N–H and O–H groups in total. The van der Waals surface area contributed by atoms with Crippen molar-refractivity contribution < 1.29 is 46.6 Å². The standard InChI is InChI=1S/C18H22FN3O4.C2HF3O2/c19-13-2-3-14(20-10-13)9-17(23)21-6-4-12-8-15(26-16(12)11-21)18(24)22-5-1-7-25-22;3-2(4,5)1(6)7/h2-3,10,12,15-16H,1,4-9,11H2;(H,6,7)/t12-,15+,16+;/m0./s1. The van der Waals surface area contributed by atoms with Crippen molar-refractivity contribution >= 4 is 17.8 Å². The van der Waals surface area contributed by atoms with Crippen molar-refractivity contribution in [2.75, 3.05) is 26.2 Å². The molecule has 1 aromatic heterocycles. The number of pyridine rings is 1. The molecule has 3 aliphatic heterocycles. The predicted molar refractivity (Wildman–Crippen MR) is 102 cm³/mol. The minimum atomic E-state index is -5.08. The Morgan fingerprint density at radius 1 is 1.21 bits per heavy atom. The molecule has 4 heterocycles. The van der Waals surface area contributed by atoms with Crippen LogP contribution in [0.3, 0.4) is 0 Å². The smallest absolute Gasteiger partial charge is 0.475 e. The normalized spacial score (nSPS) is 24.7. The van der Waals surface area contributed by atoms with E-state index in [0.29, 0.717) is 44.3 Å². The molecule has 182 valence electrons. The molecule has 3 fully saturated rings. The van der Waals surface area contributed by atoms with E-state index >= 15 is 0 Å². The fraction of sp³-hybridized carbons (Fsp3) is 0.600. The zero-order valence-corrected chi connectivity index (χ0v) is 17.5. The molecule has 13 heteroatoms. The van der Waals surface area contributed by atoms with Gasteiger partial charge in [-0.3, -0.25) is 19.4 Å². The molecule has 0 aliphatic carbocycles. The maximum Gasteiger partial charge on any atom is 0.490 e. The number of alkyl halides is 3. The number of ether oxygens (including phenoxy) is 1. The molecule has 0 unspecified atom stereocenters. The van der Waals surface area contributed by atoms with E-state index in [-0.39, 0.29) is 24.3 Å². The SMILES string of the molecule is O=C(Cc1ccc(F)cn1)N1CC[C@H]2C[C@H](C(=O)N3CCCO3)O[C@@H]2C1.O=C(O)C(F)(F)F. The highest BCUT2D eigenvalue weighted by Gasteiger charge is 2.44. The van der Waals surface area contributed by atoms with Crippen molar-refractivity contribution in [2.24, 2.45) is 5.92 Å². The lowest BCUT2D eigenvalue weighted by Gasteiger charge is -2.34. The summed E-state index contributed by atoms with van der Waals surface area (Å²) in [6, 6.07) is 2.83. The van der Waals surface area contributed by atoms with Gasteiger partial charge in [0.2, 0.25) is 5.91 Å². The first kappa shape index (κ1) is 24.8. The topological polar surface area (TPSA) is 109 Å². The van der Waals surface area contributed by atoms with E-state index in [1.54, 1.807) is 4.90 Å². The highest BCUT2D eigenvalue weighted by Crippen LogP contribution is 2.34. The summed E-state index contributed by atoms with van der Waals surface area (Å²) >= 11 is 0. The minimum Gasteiger partial charge on any atom is -0.475 e. The van der Waals surface area contributed by atoms with Crippen LogP contribution in [0.4, 0.5) is 17.6 Å². The molecule has 1 aromatic rings. The van der Waals surface area contributed by atoms with Crippen LogP contribution in [0.1, 0.15) is 25.0 Å². The number of fused-ring (bicyclic) bond motifs is 1. The molecule has 2 amide bonds. The molecule has 3 aliphatic rings. The average molecular weight is 477 g/mol. The quantitative estimate of drug-likeness (QED) is 0.659. The number of likely N-dealkylation sites (tertiary alicyclic amines) is 1. The fourth-order valence-electron chi connectivity index (χ4n) is 3.88. The number of rotatable bonds is 3. The zero-order chi connectivity index (χ0) is 24.2. The summed E-state index contributed by atoms with van der Waals surface area (Å²) in [6.07, 6.45) is -2.07. The number of aromatic nitrogens is 1. The maximum absolute atomic E-state index is 12.9. The van der Waals surface area contributed by atoms with Gasteiger partial charge in [-0.15, -0.1) is 0 Å². The van der Waals surface area contributed by atoms with Crippen LogP contribution in [-0.2, 0) is 30.4 Å². The number of carbonyl (C=O) groups is 3. The van der Waals surface area contributed by atoms with Crippen molar-refractivity contribution in [3.05, 3.63) is 29.8 Å². The number of nitrogens with zero attached hydrogens (tertiary/aromatic N) is 3. The van der Waals surface area contributed by atoms with E-state index in [0.717, 1.165) is 19.0 Å². The van der Waals surface area contributed by atoms with E-state index in [2.05, 4.69) is 4.98 Å². The molecular weight excluding hydrogens is 454 g/mol. The molecule has 0 radical (unpaired) electrons. The molecule has 3 saturated heterocycles. The lowest BCUT2D eigenvalue weighted by Crippen LogP contribution is -2.46. The monoisotopic (exact) mass is 477 g/mol. The average Bonchev–Trinajstić information content (AvgIpc) is 3.44. The lowest BCUT2D eigenvalue weighted by molar-refractivity contribution is -0.192. The van der Waals surface area contributed by atoms with E-state index in [9.17, 15) is 27.2 Å². The number of hydroxylamine groups is 2. The number of halogens is 4. The van der Waals surface area contributed by atoms with Crippen molar-refractivity contribution in [2.45, 2.75) is 44.1 Å². The third kappa shape index (κ3) is 6.60. The molecule has 0 spiro atoms. The van der Waals surface area contributed by atoms with Crippen molar-refractivity contribution in [3.63, 3.8) is 0 Å². The molecule has 33 heavy (non-hydrogen) atoms. The van der Waals surface area contributed by atoms with Gasteiger partial charge in [-0.2, -0.15) is 13.2 Å². The molecule has 3 atom stereocenters. The minimum absolute atomic E-state index is 0.0520. The number of amides is 2. The highest BCUT2D eigenvalue weighted by molar-refractivity contribution is 5.81. The van der Waals surface area contributed by atoms with E-state index < -0.39 is 24.1 Å². The van der Waals surface area contributed by atoms with E-state index in [1.165, 1.54) is 17.2 Å². The number of piperidine rings is 1. The van der Waals surface area contributed by atoms with Crippen LogP contribution in [0.15, 0.2) is 18.3 Å². The lowest BCUT2D eigenvalue weighted by atomic mass is 9.91. The van der Waals surface area contributed by atoms with Gasteiger partial charge in [-0.25, -0.2) is 14.2 Å². The Kier molecular flexibility index (Phi) is 7.84. The number of carboxylic acids is 1. The third-order valence-electron chi connectivity index (χ3n) is 5.54. The van der Waals surface area contributed by atoms with Gasteiger partial charge in [-0.05, 0) is 37.3 Å². The van der Waals surface area contributed by atoms with Gasteiger partial charge in [0, 0.05) is 18.8 Å². The van der Waals surface area contributed by atoms with Crippen LogP contribution < -0.4 is 0 Å². The Labute approximate surface area is 186 Å². The predicted octanol–water partition coefficient (Wildman–Crippen LogP) is 1.57. The number of aliphatic carboxylic acids is 1. The second kappa shape index (κ2) is 10.4. The Balaban J connectivity index is 0.000000383. The van der Waals surface area contributed by atoms with Crippen molar-refractivity contribution in [1.82, 2.24) is 14.9 Å². The van der Waals surface area contributed by atoms with Gasteiger partial charge in [0.1, 0.15) is 11.9 Å². The first-order chi connectivity index (χ1) is 15.5. The highest BCUT2D eigenvalue weighted by atomic mass is 19.4. The molecule has 4 rings (SSSR count). The number of carbonyl (C=O) groups excluding carboxylic acids is 2. The number of hydrogen-bond donors (Lipinski definition) is 1. The summed E-state index contributed by atoms with van der Waals surface area (Å²) in [4.78, 5) is 44.9. The molecule has 0 bridgehead atoms. The molecular formula is C20H23F4N3O6. The van der Waals surface area contributed by atoms with Crippen LogP contribution in [0.2, 0.25) is 0 Å². The van der Waals surface area contributed by atoms with Crippen LogP contribution in [0.5, 0.6) is 0 Å². The Morgan fingerprint density at radius 3 is 2.52 bits per heavy atom. The van der Waals surface area contributed by atoms with Gasteiger partial charge in [-0.1, -0.05) is 0 Å². The fourth-order valence-corrected chi connectivity index (χ4v) is 3.88. The second-order valence-corrected chi connectivity index (χ2v) is 7.86. The van der Waals surface area contributed by atoms with Crippen molar-refractivity contribution in [1.29, 1.82) is 0 Å². The van der Waals surface area contributed by atoms with Crippen LogP contribution in [-0.4, -0.2) is 82.5 Å². The number of carboxylic acid groups (broad SMARTS) is 1. The third-order valence-corrected chi connectivity index (χ3v) is 5.54. The van der Waals surface area contributed by atoms with Gasteiger partial charge in [0.25, 0.3) is 5.91 Å². The van der Waals surface area contributed by atoms with Crippen LogP contribution in [0.25, 0.3) is 0 Å². The first-order valence-corrected chi connectivity index (χ1v) is 10.3. The van der Waals surface area contributed by atoms with Gasteiger partial charge in [0.05, 0.1) is 31.9 Å². The Hall–Kier alpha value is -2.80. The Bertz CT molecular complexity index is 860. The molecule has 0 aromatic carbocycles. The van der Waals surface area contributed by atoms with Crippen LogP contribution in [0, 0.1) is 11.7 Å². The van der Waals surface area contributed by atoms with Gasteiger partial charge < -0.3 is 14.7 Å². The van der Waals surface area contributed by atoms with E-state index in [1.807, 2.05) is 0 Å². The number of hydrogen-bond acceptors (Lipinski definition) is 6. The van der Waals surface area contributed by atoms with Gasteiger partial charge in [0.15, 0.2) is 0 Å². The first-order valence-electron chi connectivity index (χ1n) is 10.3. The molecule has 9 nitrogen and oxygen atoms in total. The molecule has 0 saturated carbocycles. The second-order valence-electron chi connectivity index (χ2n) is 7.86. The van der Waals surface area contributed by atoms with Gasteiger partial charge >= 0.3 is 12.1 Å². The summed E-state index contributed by atoms with van der Waals surface area (Å²) in [5, 5.41) is 8.53. The largest absolute Gasteiger partial charge is 0.490 e. The summed E-state index contributed by atoms with van der Waals surface area (Å²) in [7, 11) is 0.